The number of aromatic carboxylic acids is 1. The molecule has 0 bridgehead atoms. The average Bonchev–Trinajstić information content (AvgIpc) is 2.85. The second kappa shape index (κ2) is 4.70. The number of rotatable bonds is 3. The lowest BCUT2D eigenvalue weighted by atomic mass is 10.2. The zero-order valence-corrected chi connectivity index (χ0v) is 10.8. The highest BCUT2D eigenvalue weighted by atomic mass is 16.6. The summed E-state index contributed by atoms with van der Waals surface area (Å²) in [6.07, 6.45) is 0. The standard InChI is InChI=1S/C15H12N2O3/c1-20-17-13-9-11(15(18)19)7-8-12(13)16-14(17)10-5-3-2-4-6-10/h2-9H,1H3,(H,18,19). The summed E-state index contributed by atoms with van der Waals surface area (Å²) in [6, 6.07) is 14.4. The monoisotopic (exact) mass is 268 g/mol. The Kier molecular flexibility index (Phi) is 2.87. The molecule has 1 aromatic heterocycles. The van der Waals surface area contributed by atoms with E-state index in [0.717, 1.165) is 5.56 Å². The van der Waals surface area contributed by atoms with Crippen LogP contribution in [0.5, 0.6) is 0 Å². The maximum absolute atomic E-state index is 11.1. The normalized spacial score (nSPS) is 10.7. The summed E-state index contributed by atoms with van der Waals surface area (Å²) >= 11 is 0. The minimum absolute atomic E-state index is 0.204. The number of carbonyl (C=O) groups is 1. The molecular formula is C15H12N2O3. The van der Waals surface area contributed by atoms with E-state index >= 15 is 0 Å². The largest absolute Gasteiger partial charge is 0.478 e. The molecule has 0 spiro atoms. The van der Waals surface area contributed by atoms with Gasteiger partial charge in [0.1, 0.15) is 12.6 Å². The molecule has 0 amide bonds. The number of hydrogen-bond donors (Lipinski definition) is 1. The van der Waals surface area contributed by atoms with Gasteiger partial charge in [-0.2, -0.15) is 4.73 Å². The molecule has 0 aliphatic carbocycles. The lowest BCUT2D eigenvalue weighted by Gasteiger charge is -2.06. The van der Waals surface area contributed by atoms with Crippen LogP contribution in [-0.4, -0.2) is 27.9 Å². The van der Waals surface area contributed by atoms with Crippen molar-refractivity contribution in [3.8, 4) is 11.4 Å². The van der Waals surface area contributed by atoms with Gasteiger partial charge in [0.15, 0.2) is 5.82 Å². The second-order valence-electron chi connectivity index (χ2n) is 4.29. The number of imidazole rings is 1. The van der Waals surface area contributed by atoms with Gasteiger partial charge in [0, 0.05) is 5.56 Å². The van der Waals surface area contributed by atoms with E-state index in [1.165, 1.54) is 17.9 Å². The Morgan fingerprint density at radius 2 is 1.95 bits per heavy atom. The Hall–Kier alpha value is -2.82. The molecule has 3 aromatic rings. The second-order valence-corrected chi connectivity index (χ2v) is 4.29. The minimum Gasteiger partial charge on any atom is -0.478 e. The molecule has 1 heterocycles. The van der Waals surface area contributed by atoms with Crippen LogP contribution in [0.3, 0.4) is 0 Å². The first-order valence-electron chi connectivity index (χ1n) is 6.06. The first kappa shape index (κ1) is 12.2. The fourth-order valence-corrected chi connectivity index (χ4v) is 2.14. The molecule has 20 heavy (non-hydrogen) atoms. The number of carboxylic acid groups (broad SMARTS) is 1. The van der Waals surface area contributed by atoms with Crippen LogP contribution in [-0.2, 0) is 0 Å². The van der Waals surface area contributed by atoms with Gasteiger partial charge >= 0.3 is 5.97 Å². The quantitative estimate of drug-likeness (QED) is 0.792. The van der Waals surface area contributed by atoms with E-state index in [-0.39, 0.29) is 5.56 Å². The fourth-order valence-electron chi connectivity index (χ4n) is 2.14. The third kappa shape index (κ3) is 1.89. The van der Waals surface area contributed by atoms with Crippen molar-refractivity contribution >= 4 is 17.0 Å². The maximum atomic E-state index is 11.1. The average molecular weight is 268 g/mol. The van der Waals surface area contributed by atoms with Gasteiger partial charge in [0.25, 0.3) is 0 Å². The van der Waals surface area contributed by atoms with Crippen molar-refractivity contribution in [2.45, 2.75) is 0 Å². The van der Waals surface area contributed by atoms with Gasteiger partial charge in [-0.25, -0.2) is 9.78 Å². The Labute approximate surface area is 115 Å². The van der Waals surface area contributed by atoms with Crippen LogP contribution in [0.4, 0.5) is 0 Å². The van der Waals surface area contributed by atoms with Crippen molar-refractivity contribution in [3.63, 3.8) is 0 Å². The predicted molar refractivity (Wildman–Crippen MR) is 74.6 cm³/mol. The number of benzene rings is 2. The van der Waals surface area contributed by atoms with Crippen LogP contribution in [0.25, 0.3) is 22.4 Å². The summed E-state index contributed by atoms with van der Waals surface area (Å²) in [5, 5.41) is 9.06. The summed E-state index contributed by atoms with van der Waals surface area (Å²) in [4.78, 5) is 20.9. The third-order valence-electron chi connectivity index (χ3n) is 3.07. The SMILES string of the molecule is COn1c(-c2ccccc2)nc2ccc(C(=O)O)cc21. The van der Waals surface area contributed by atoms with Crippen molar-refractivity contribution in [1.29, 1.82) is 0 Å². The lowest BCUT2D eigenvalue weighted by Crippen LogP contribution is -2.07. The van der Waals surface area contributed by atoms with Crippen molar-refractivity contribution in [2.24, 2.45) is 0 Å². The third-order valence-corrected chi connectivity index (χ3v) is 3.07. The lowest BCUT2D eigenvalue weighted by molar-refractivity contribution is 0.0697. The Bertz CT molecular complexity index is 778. The topological polar surface area (TPSA) is 64.4 Å². The molecule has 0 aliphatic heterocycles. The van der Waals surface area contributed by atoms with Crippen molar-refractivity contribution in [3.05, 3.63) is 54.1 Å². The highest BCUT2D eigenvalue weighted by Gasteiger charge is 2.14. The van der Waals surface area contributed by atoms with E-state index in [4.69, 9.17) is 9.94 Å². The van der Waals surface area contributed by atoms with Gasteiger partial charge in [-0.15, -0.1) is 0 Å². The minimum atomic E-state index is -0.975. The summed E-state index contributed by atoms with van der Waals surface area (Å²) in [5.41, 5.74) is 2.43. The molecule has 0 aliphatic rings. The molecule has 2 aromatic carbocycles. The molecule has 0 atom stereocenters. The first-order valence-corrected chi connectivity index (χ1v) is 6.06. The van der Waals surface area contributed by atoms with Crippen LogP contribution in [0.1, 0.15) is 10.4 Å². The highest BCUT2D eigenvalue weighted by Crippen LogP contribution is 2.24. The number of hydrogen-bond acceptors (Lipinski definition) is 3. The number of carboxylic acids is 1. The molecule has 0 unspecified atom stereocenters. The van der Waals surface area contributed by atoms with Gasteiger partial charge in [-0.1, -0.05) is 30.3 Å². The zero-order chi connectivity index (χ0) is 14.1. The van der Waals surface area contributed by atoms with Gasteiger partial charge in [-0.3, -0.25) is 0 Å². The molecule has 5 heteroatoms. The van der Waals surface area contributed by atoms with Gasteiger partial charge in [0.05, 0.1) is 11.1 Å². The summed E-state index contributed by atoms with van der Waals surface area (Å²) in [6.45, 7) is 0. The van der Waals surface area contributed by atoms with E-state index in [1.807, 2.05) is 30.3 Å². The van der Waals surface area contributed by atoms with Gasteiger partial charge in [0.2, 0.25) is 0 Å². The van der Waals surface area contributed by atoms with E-state index in [0.29, 0.717) is 16.9 Å². The van der Waals surface area contributed by atoms with E-state index in [1.54, 1.807) is 12.1 Å². The molecule has 0 fully saturated rings. The number of fused-ring (bicyclic) bond motifs is 1. The van der Waals surface area contributed by atoms with E-state index in [2.05, 4.69) is 4.98 Å². The van der Waals surface area contributed by atoms with E-state index in [9.17, 15) is 4.79 Å². The fraction of sp³-hybridized carbons (Fsp3) is 0.0667. The van der Waals surface area contributed by atoms with Gasteiger partial charge < -0.3 is 9.94 Å². The number of nitrogens with zero attached hydrogens (tertiary/aromatic N) is 2. The zero-order valence-electron chi connectivity index (χ0n) is 10.8. The summed E-state index contributed by atoms with van der Waals surface area (Å²) < 4.78 is 1.54. The number of aromatic nitrogens is 2. The highest BCUT2D eigenvalue weighted by molar-refractivity contribution is 5.93. The van der Waals surface area contributed by atoms with Crippen LogP contribution in [0.15, 0.2) is 48.5 Å². The van der Waals surface area contributed by atoms with Crippen LogP contribution < -0.4 is 4.84 Å². The molecule has 3 rings (SSSR count). The van der Waals surface area contributed by atoms with Crippen LogP contribution in [0.2, 0.25) is 0 Å². The summed E-state index contributed by atoms with van der Waals surface area (Å²) in [5.74, 6) is -0.331. The van der Waals surface area contributed by atoms with Crippen molar-refractivity contribution < 1.29 is 14.7 Å². The first-order chi connectivity index (χ1) is 9.70. The molecule has 0 saturated carbocycles. The van der Waals surface area contributed by atoms with Crippen molar-refractivity contribution in [2.75, 3.05) is 7.11 Å². The van der Waals surface area contributed by atoms with Crippen LogP contribution in [0, 0.1) is 0 Å². The molecule has 5 nitrogen and oxygen atoms in total. The Balaban J connectivity index is 2.27. The van der Waals surface area contributed by atoms with Gasteiger partial charge in [-0.05, 0) is 18.2 Å². The molecule has 0 radical (unpaired) electrons. The Morgan fingerprint density at radius 3 is 2.60 bits per heavy atom. The molecule has 1 N–H and O–H groups in total. The van der Waals surface area contributed by atoms with Crippen molar-refractivity contribution in [1.82, 2.24) is 9.71 Å². The Morgan fingerprint density at radius 1 is 1.20 bits per heavy atom. The maximum Gasteiger partial charge on any atom is 0.335 e. The van der Waals surface area contributed by atoms with E-state index < -0.39 is 5.97 Å². The molecule has 100 valence electrons. The smallest absolute Gasteiger partial charge is 0.335 e. The van der Waals surface area contributed by atoms with Crippen LogP contribution >= 0.6 is 0 Å². The predicted octanol–water partition coefficient (Wildman–Crippen LogP) is 2.46. The molecule has 0 saturated heterocycles. The molecular weight excluding hydrogens is 256 g/mol. The summed E-state index contributed by atoms with van der Waals surface area (Å²) in [7, 11) is 1.53.